The number of carbonyl (C=O) groups excluding carboxylic acids is 1. The van der Waals surface area contributed by atoms with Crippen molar-refractivity contribution in [2.75, 3.05) is 0 Å². The van der Waals surface area contributed by atoms with Gasteiger partial charge in [0.05, 0.1) is 0 Å². The Hall–Kier alpha value is -2.13. The molecule has 0 aliphatic heterocycles. The van der Waals surface area contributed by atoms with Crippen molar-refractivity contribution in [2.45, 2.75) is 20.8 Å². The number of aromatic nitrogens is 1. The zero-order valence-electron chi connectivity index (χ0n) is 12.8. The van der Waals surface area contributed by atoms with Gasteiger partial charge in [-0.2, -0.15) is 0 Å². The van der Waals surface area contributed by atoms with Crippen molar-refractivity contribution < 1.29 is 9.53 Å². The summed E-state index contributed by atoms with van der Waals surface area (Å²) in [6.45, 7) is 5.58. The summed E-state index contributed by atoms with van der Waals surface area (Å²) in [5, 5.41) is 0.618. The third-order valence-electron chi connectivity index (χ3n) is 2.93. The van der Waals surface area contributed by atoms with E-state index in [0.717, 1.165) is 5.56 Å². The second-order valence-electron chi connectivity index (χ2n) is 5.93. The molecular formula is C18H18ClNO2. The van der Waals surface area contributed by atoms with E-state index in [9.17, 15) is 4.79 Å². The molecule has 114 valence electrons. The highest BCUT2D eigenvalue weighted by Gasteiger charge is 2.26. The van der Waals surface area contributed by atoms with Crippen molar-refractivity contribution in [3.8, 4) is 5.75 Å². The van der Waals surface area contributed by atoms with Gasteiger partial charge in [0.25, 0.3) is 0 Å². The number of halogens is 1. The number of ketones is 1. The number of ether oxygens (including phenoxy) is 1. The quantitative estimate of drug-likeness (QED) is 0.602. The highest BCUT2D eigenvalue weighted by molar-refractivity contribution is 6.30. The number of nitrogens with zero attached hydrogens (tertiary/aromatic N) is 1. The van der Waals surface area contributed by atoms with E-state index in [-0.39, 0.29) is 11.5 Å². The van der Waals surface area contributed by atoms with Crippen molar-refractivity contribution >= 4 is 23.5 Å². The molecule has 0 saturated carbocycles. The van der Waals surface area contributed by atoms with Gasteiger partial charge in [-0.3, -0.25) is 9.78 Å². The number of hydrogen-bond acceptors (Lipinski definition) is 3. The number of Topliss-reactive ketones (excluding diaryl/α,β-unsaturated/α-hetero) is 1. The minimum atomic E-state index is -0.541. The van der Waals surface area contributed by atoms with E-state index in [1.54, 1.807) is 42.7 Å². The standard InChI is InChI=1S/C18H18ClNO2/c1-18(2,3)17(21)16(11-13-5-4-10-20-12-13)22-15-8-6-14(19)7-9-15/h4-12H,1-3H3. The van der Waals surface area contributed by atoms with Gasteiger partial charge in [0.1, 0.15) is 5.75 Å². The van der Waals surface area contributed by atoms with Crippen LogP contribution in [0.5, 0.6) is 5.75 Å². The van der Waals surface area contributed by atoms with Crippen molar-refractivity contribution in [3.63, 3.8) is 0 Å². The van der Waals surface area contributed by atoms with Gasteiger partial charge in [0.15, 0.2) is 5.76 Å². The van der Waals surface area contributed by atoms with Crippen molar-refractivity contribution in [1.29, 1.82) is 0 Å². The molecule has 0 aliphatic rings. The van der Waals surface area contributed by atoms with E-state index in [2.05, 4.69) is 4.98 Å². The van der Waals surface area contributed by atoms with E-state index in [1.807, 2.05) is 32.9 Å². The minimum Gasteiger partial charge on any atom is -0.454 e. The summed E-state index contributed by atoms with van der Waals surface area (Å²) >= 11 is 5.87. The van der Waals surface area contributed by atoms with E-state index in [1.165, 1.54) is 0 Å². The molecule has 0 unspecified atom stereocenters. The molecule has 0 atom stereocenters. The Balaban J connectivity index is 2.35. The first-order valence-corrected chi connectivity index (χ1v) is 7.34. The first kappa shape index (κ1) is 16.2. The van der Waals surface area contributed by atoms with E-state index in [4.69, 9.17) is 16.3 Å². The molecule has 1 aromatic carbocycles. The number of pyridine rings is 1. The maximum Gasteiger partial charge on any atom is 0.203 e. The number of allylic oxidation sites excluding steroid dienone is 1. The van der Waals surface area contributed by atoms with Crippen molar-refractivity contribution in [3.05, 3.63) is 65.1 Å². The van der Waals surface area contributed by atoms with Gasteiger partial charge in [-0.05, 0) is 42.0 Å². The van der Waals surface area contributed by atoms with Crippen LogP contribution in [0.2, 0.25) is 5.02 Å². The average Bonchev–Trinajstić information content (AvgIpc) is 2.48. The predicted molar refractivity (Wildman–Crippen MR) is 88.8 cm³/mol. The van der Waals surface area contributed by atoms with Gasteiger partial charge in [-0.15, -0.1) is 0 Å². The third-order valence-corrected chi connectivity index (χ3v) is 3.18. The molecule has 1 aromatic heterocycles. The van der Waals surface area contributed by atoms with Gasteiger partial charge >= 0.3 is 0 Å². The first-order chi connectivity index (χ1) is 10.4. The molecule has 22 heavy (non-hydrogen) atoms. The molecule has 0 saturated heterocycles. The Morgan fingerprint density at radius 1 is 1.18 bits per heavy atom. The summed E-state index contributed by atoms with van der Waals surface area (Å²) in [4.78, 5) is 16.6. The Bertz CT molecular complexity index is 670. The van der Waals surface area contributed by atoms with Crippen LogP contribution in [0.4, 0.5) is 0 Å². The van der Waals surface area contributed by atoms with E-state index >= 15 is 0 Å². The van der Waals surface area contributed by atoms with E-state index < -0.39 is 5.41 Å². The fourth-order valence-corrected chi connectivity index (χ4v) is 1.88. The zero-order valence-corrected chi connectivity index (χ0v) is 13.6. The van der Waals surface area contributed by atoms with Crippen molar-refractivity contribution in [2.24, 2.45) is 5.41 Å². The van der Waals surface area contributed by atoms with Crippen LogP contribution in [0.25, 0.3) is 6.08 Å². The van der Waals surface area contributed by atoms with Gasteiger partial charge in [0, 0.05) is 22.8 Å². The van der Waals surface area contributed by atoms with E-state index in [0.29, 0.717) is 10.8 Å². The molecule has 0 fully saturated rings. The lowest BCUT2D eigenvalue weighted by Crippen LogP contribution is -2.24. The molecule has 4 heteroatoms. The summed E-state index contributed by atoms with van der Waals surface area (Å²) in [5.74, 6) is 0.770. The molecule has 0 bridgehead atoms. The van der Waals surface area contributed by atoms with Crippen LogP contribution >= 0.6 is 11.6 Å². The normalized spacial score (nSPS) is 12.1. The zero-order chi connectivity index (χ0) is 16.2. The summed E-state index contributed by atoms with van der Waals surface area (Å²) in [6.07, 6.45) is 5.07. The molecule has 0 aliphatic carbocycles. The Kier molecular flexibility index (Phi) is 4.99. The molecule has 3 nitrogen and oxygen atoms in total. The smallest absolute Gasteiger partial charge is 0.203 e. The molecule has 2 aromatic rings. The molecule has 2 rings (SSSR count). The highest BCUT2D eigenvalue weighted by atomic mass is 35.5. The van der Waals surface area contributed by atoms with Crippen LogP contribution in [0.1, 0.15) is 26.3 Å². The van der Waals surface area contributed by atoms with Crippen LogP contribution in [0.3, 0.4) is 0 Å². The van der Waals surface area contributed by atoms with Crippen LogP contribution in [0, 0.1) is 5.41 Å². The lowest BCUT2D eigenvalue weighted by atomic mass is 9.89. The van der Waals surface area contributed by atoms with Crippen LogP contribution in [0.15, 0.2) is 54.6 Å². The first-order valence-electron chi connectivity index (χ1n) is 6.96. The maximum absolute atomic E-state index is 12.6. The van der Waals surface area contributed by atoms with Gasteiger partial charge in [-0.25, -0.2) is 0 Å². The number of hydrogen-bond donors (Lipinski definition) is 0. The fourth-order valence-electron chi connectivity index (χ4n) is 1.75. The molecular weight excluding hydrogens is 298 g/mol. The van der Waals surface area contributed by atoms with Crippen molar-refractivity contribution in [1.82, 2.24) is 4.98 Å². The number of benzene rings is 1. The minimum absolute atomic E-state index is 0.0775. The summed E-state index contributed by atoms with van der Waals surface area (Å²) < 4.78 is 5.79. The molecule has 0 radical (unpaired) electrons. The SMILES string of the molecule is CC(C)(C)C(=O)C(=Cc1cccnc1)Oc1ccc(Cl)cc1. The van der Waals surface area contributed by atoms with Crippen LogP contribution in [-0.4, -0.2) is 10.8 Å². The summed E-state index contributed by atoms with van der Waals surface area (Å²) in [5.41, 5.74) is 0.268. The predicted octanol–water partition coefficient (Wildman–Crippen LogP) is 4.77. The van der Waals surface area contributed by atoms with Crippen LogP contribution in [-0.2, 0) is 4.79 Å². The molecule has 0 spiro atoms. The lowest BCUT2D eigenvalue weighted by Gasteiger charge is -2.19. The number of rotatable bonds is 4. The Morgan fingerprint density at radius 3 is 2.41 bits per heavy atom. The second-order valence-corrected chi connectivity index (χ2v) is 6.37. The Labute approximate surface area is 135 Å². The Morgan fingerprint density at radius 2 is 1.86 bits per heavy atom. The highest BCUT2D eigenvalue weighted by Crippen LogP contribution is 2.25. The lowest BCUT2D eigenvalue weighted by molar-refractivity contribution is -0.124. The average molecular weight is 316 g/mol. The molecule has 0 amide bonds. The van der Waals surface area contributed by atoms with Gasteiger partial charge in [0.2, 0.25) is 5.78 Å². The van der Waals surface area contributed by atoms with Gasteiger partial charge in [-0.1, -0.05) is 38.4 Å². The largest absolute Gasteiger partial charge is 0.454 e. The topological polar surface area (TPSA) is 39.2 Å². The number of carbonyl (C=O) groups is 1. The second kappa shape index (κ2) is 6.75. The summed E-state index contributed by atoms with van der Waals surface area (Å²) in [7, 11) is 0. The fraction of sp³-hybridized carbons (Fsp3) is 0.222. The molecule has 1 heterocycles. The monoisotopic (exact) mass is 315 g/mol. The summed E-state index contributed by atoms with van der Waals surface area (Å²) in [6, 6.07) is 10.6. The van der Waals surface area contributed by atoms with Gasteiger partial charge < -0.3 is 4.74 Å². The maximum atomic E-state index is 12.6. The van der Waals surface area contributed by atoms with Crippen LogP contribution < -0.4 is 4.74 Å². The molecule has 0 N–H and O–H groups in total. The third kappa shape index (κ3) is 4.43.